The van der Waals surface area contributed by atoms with Gasteiger partial charge in [-0.1, -0.05) is 0 Å². The Balaban J connectivity index is 1.88. The van der Waals surface area contributed by atoms with Gasteiger partial charge in [0.1, 0.15) is 11.2 Å². The number of hydrogen-bond acceptors (Lipinski definition) is 4. The summed E-state index contributed by atoms with van der Waals surface area (Å²) in [7, 11) is 0. The van der Waals surface area contributed by atoms with Crippen LogP contribution in [0.2, 0.25) is 0 Å². The molecule has 98 valence electrons. The minimum absolute atomic E-state index is 0.00828. The van der Waals surface area contributed by atoms with Crippen LogP contribution in [0.1, 0.15) is 33.6 Å². The van der Waals surface area contributed by atoms with Gasteiger partial charge in [-0.25, -0.2) is 4.79 Å². The van der Waals surface area contributed by atoms with Crippen LogP contribution in [0.15, 0.2) is 0 Å². The van der Waals surface area contributed by atoms with Crippen LogP contribution in [0.4, 0.5) is 4.79 Å². The fourth-order valence-corrected chi connectivity index (χ4v) is 2.30. The van der Waals surface area contributed by atoms with Crippen molar-refractivity contribution in [3.8, 4) is 0 Å². The third-order valence-corrected chi connectivity index (χ3v) is 3.70. The van der Waals surface area contributed by atoms with Crippen molar-refractivity contribution in [2.45, 2.75) is 44.8 Å². The zero-order valence-electron chi connectivity index (χ0n) is 10.7. The van der Waals surface area contributed by atoms with Crippen molar-refractivity contribution >= 4 is 6.09 Å². The van der Waals surface area contributed by atoms with Crippen LogP contribution in [0.5, 0.6) is 0 Å². The Hall–Kier alpha value is -0.810. The van der Waals surface area contributed by atoms with Gasteiger partial charge < -0.3 is 19.8 Å². The van der Waals surface area contributed by atoms with Crippen LogP contribution >= 0.6 is 0 Å². The van der Waals surface area contributed by atoms with Gasteiger partial charge >= 0.3 is 6.09 Å². The van der Waals surface area contributed by atoms with E-state index in [0.29, 0.717) is 0 Å². The zero-order chi connectivity index (χ0) is 12.9. The number of carbonyl (C=O) groups is 1. The highest BCUT2D eigenvalue weighted by Gasteiger charge is 2.64. The van der Waals surface area contributed by atoms with Crippen LogP contribution in [-0.2, 0) is 4.74 Å². The monoisotopic (exact) mass is 243 g/mol. The smallest absolute Gasteiger partial charge is 0.410 e. The third-order valence-electron chi connectivity index (χ3n) is 3.70. The predicted octanol–water partition coefficient (Wildman–Crippen LogP) is 0.741. The number of likely N-dealkylation sites (tertiary alicyclic amines) is 1. The molecule has 5 nitrogen and oxygen atoms in total. The van der Waals surface area contributed by atoms with Gasteiger partial charge in [0.25, 0.3) is 0 Å². The molecule has 2 aliphatic rings. The number of β-amino-alcohol motifs (C(OH)–C–C–N with tert-alkyl or cyclic N) is 1. The minimum atomic E-state index is -0.918. The fraction of sp³-hybridized carbons (Fsp3) is 0.917. The Kier molecular flexibility index (Phi) is 2.67. The second-order valence-electron chi connectivity index (χ2n) is 6.31. The number of rotatable bonds is 2. The van der Waals surface area contributed by atoms with Crippen molar-refractivity contribution in [2.24, 2.45) is 5.41 Å². The molecule has 1 saturated heterocycles. The highest BCUT2D eigenvalue weighted by Crippen LogP contribution is 2.56. The molecule has 0 spiro atoms. The molecule has 2 fully saturated rings. The first-order valence-electron chi connectivity index (χ1n) is 6.03. The molecule has 1 aliphatic carbocycles. The van der Waals surface area contributed by atoms with E-state index < -0.39 is 17.3 Å². The SMILES string of the molecule is CC(C)(C)OC(=O)N1CC(O)(C2(CO)CC2)C1. The van der Waals surface area contributed by atoms with Crippen molar-refractivity contribution in [3.63, 3.8) is 0 Å². The van der Waals surface area contributed by atoms with Crippen LogP contribution in [0, 0.1) is 5.41 Å². The van der Waals surface area contributed by atoms with Gasteiger partial charge in [-0.15, -0.1) is 0 Å². The normalized spacial score (nSPS) is 25.1. The third kappa shape index (κ3) is 2.13. The van der Waals surface area contributed by atoms with E-state index in [0.717, 1.165) is 12.8 Å². The van der Waals surface area contributed by atoms with E-state index in [4.69, 9.17) is 4.74 Å². The first-order chi connectivity index (χ1) is 7.71. The summed E-state index contributed by atoms with van der Waals surface area (Å²) in [6, 6.07) is 0. The molecular weight excluding hydrogens is 222 g/mol. The molecule has 2 rings (SSSR count). The number of amides is 1. The number of carbonyl (C=O) groups excluding carboxylic acids is 1. The average Bonchev–Trinajstić information content (AvgIpc) is 2.90. The molecule has 5 heteroatoms. The predicted molar refractivity (Wildman–Crippen MR) is 61.5 cm³/mol. The van der Waals surface area contributed by atoms with E-state index in [1.54, 1.807) is 0 Å². The van der Waals surface area contributed by atoms with E-state index in [-0.39, 0.29) is 25.1 Å². The van der Waals surface area contributed by atoms with Gasteiger partial charge in [0.15, 0.2) is 0 Å². The Labute approximate surface area is 101 Å². The second kappa shape index (κ2) is 3.59. The molecule has 17 heavy (non-hydrogen) atoms. The molecule has 1 amide bonds. The summed E-state index contributed by atoms with van der Waals surface area (Å²) in [4.78, 5) is 13.2. The summed E-state index contributed by atoms with van der Waals surface area (Å²) in [5.41, 5.74) is -1.80. The maximum atomic E-state index is 11.7. The first-order valence-corrected chi connectivity index (χ1v) is 6.03. The maximum absolute atomic E-state index is 11.7. The van der Waals surface area contributed by atoms with Crippen molar-refractivity contribution in [2.75, 3.05) is 19.7 Å². The van der Waals surface area contributed by atoms with Crippen LogP contribution in [0.3, 0.4) is 0 Å². The van der Waals surface area contributed by atoms with Gasteiger partial charge in [-0.05, 0) is 33.6 Å². The highest BCUT2D eigenvalue weighted by atomic mass is 16.6. The highest BCUT2D eigenvalue weighted by molar-refractivity contribution is 5.69. The summed E-state index contributed by atoms with van der Waals surface area (Å²) >= 11 is 0. The standard InChI is InChI=1S/C12H21NO4/c1-10(2,3)17-9(15)13-6-12(16,7-13)11(8-14)4-5-11/h14,16H,4-8H2,1-3H3. The van der Waals surface area contributed by atoms with Crippen LogP contribution in [0.25, 0.3) is 0 Å². The van der Waals surface area contributed by atoms with E-state index in [9.17, 15) is 15.0 Å². The number of ether oxygens (including phenoxy) is 1. The summed E-state index contributed by atoms with van der Waals surface area (Å²) in [5.74, 6) is 0. The van der Waals surface area contributed by atoms with Gasteiger partial charge in [0.05, 0.1) is 19.7 Å². The summed E-state index contributed by atoms with van der Waals surface area (Å²) in [6.45, 7) is 5.96. The number of aliphatic hydroxyl groups is 2. The molecule has 2 N–H and O–H groups in total. The Morgan fingerprint density at radius 3 is 2.24 bits per heavy atom. The second-order valence-corrected chi connectivity index (χ2v) is 6.31. The lowest BCUT2D eigenvalue weighted by atomic mass is 9.78. The summed E-state index contributed by atoms with van der Waals surface area (Å²) in [6.07, 6.45) is 1.28. The number of aliphatic hydroxyl groups excluding tert-OH is 1. The Bertz CT molecular complexity index is 324. The molecule has 1 aliphatic heterocycles. The average molecular weight is 243 g/mol. The lowest BCUT2D eigenvalue weighted by molar-refractivity contribution is -0.151. The molecule has 1 heterocycles. The minimum Gasteiger partial charge on any atom is -0.444 e. The lowest BCUT2D eigenvalue weighted by Crippen LogP contribution is -2.68. The van der Waals surface area contributed by atoms with Crippen molar-refractivity contribution < 1.29 is 19.7 Å². The molecule has 0 atom stereocenters. The summed E-state index contributed by atoms with van der Waals surface area (Å²) in [5, 5.41) is 19.6. The molecule has 0 bridgehead atoms. The maximum Gasteiger partial charge on any atom is 0.410 e. The van der Waals surface area contributed by atoms with Crippen molar-refractivity contribution in [3.05, 3.63) is 0 Å². The molecule has 1 saturated carbocycles. The topological polar surface area (TPSA) is 70.0 Å². The largest absolute Gasteiger partial charge is 0.444 e. The van der Waals surface area contributed by atoms with Crippen LogP contribution < -0.4 is 0 Å². The molecule has 0 aromatic heterocycles. The first kappa shape index (κ1) is 12.6. The molecule has 0 unspecified atom stereocenters. The molecule has 0 aromatic carbocycles. The molecular formula is C12H21NO4. The fourth-order valence-electron chi connectivity index (χ4n) is 2.30. The van der Waals surface area contributed by atoms with E-state index in [1.165, 1.54) is 4.90 Å². The van der Waals surface area contributed by atoms with Crippen molar-refractivity contribution in [1.82, 2.24) is 4.90 Å². The van der Waals surface area contributed by atoms with Gasteiger partial charge in [-0.2, -0.15) is 0 Å². The van der Waals surface area contributed by atoms with E-state index in [1.807, 2.05) is 20.8 Å². The number of hydrogen-bond donors (Lipinski definition) is 2. The zero-order valence-corrected chi connectivity index (χ0v) is 10.7. The van der Waals surface area contributed by atoms with Gasteiger partial charge in [0, 0.05) is 5.41 Å². The molecule has 0 aromatic rings. The van der Waals surface area contributed by atoms with E-state index >= 15 is 0 Å². The van der Waals surface area contributed by atoms with Gasteiger partial charge in [-0.3, -0.25) is 0 Å². The summed E-state index contributed by atoms with van der Waals surface area (Å²) < 4.78 is 5.22. The molecule has 0 radical (unpaired) electrons. The van der Waals surface area contributed by atoms with Gasteiger partial charge in [0.2, 0.25) is 0 Å². The number of nitrogens with zero attached hydrogens (tertiary/aromatic N) is 1. The van der Waals surface area contributed by atoms with Crippen molar-refractivity contribution in [1.29, 1.82) is 0 Å². The lowest BCUT2D eigenvalue weighted by Gasteiger charge is -2.50. The Morgan fingerprint density at radius 2 is 1.88 bits per heavy atom. The van der Waals surface area contributed by atoms with Crippen LogP contribution in [-0.4, -0.2) is 52.1 Å². The quantitative estimate of drug-likeness (QED) is 0.750. The Morgan fingerprint density at radius 1 is 1.35 bits per heavy atom. The van der Waals surface area contributed by atoms with E-state index in [2.05, 4.69) is 0 Å².